The van der Waals surface area contributed by atoms with E-state index in [0.29, 0.717) is 31.8 Å². The zero-order valence-electron chi connectivity index (χ0n) is 15.1. The normalized spacial score (nSPS) is 18.0. The molecule has 1 unspecified atom stereocenters. The molecule has 1 atom stereocenters. The highest BCUT2D eigenvalue weighted by atomic mass is 16.5. The largest absolute Gasteiger partial charge is 0.478 e. The molecule has 6 heteroatoms. The van der Waals surface area contributed by atoms with Crippen LogP contribution in [0.3, 0.4) is 0 Å². The van der Waals surface area contributed by atoms with E-state index >= 15 is 0 Å². The predicted octanol–water partition coefficient (Wildman–Crippen LogP) is 2.89. The lowest BCUT2D eigenvalue weighted by Crippen LogP contribution is -2.26. The fourth-order valence-corrected chi connectivity index (χ4v) is 2.79. The molecule has 0 aromatic heterocycles. The van der Waals surface area contributed by atoms with Gasteiger partial charge in [-0.2, -0.15) is 0 Å². The van der Waals surface area contributed by atoms with Crippen LogP contribution in [-0.4, -0.2) is 48.6 Å². The third-order valence-electron chi connectivity index (χ3n) is 4.11. The average molecular weight is 370 g/mol. The number of allylic oxidation sites excluding steroid dienone is 4. The fourth-order valence-electron chi connectivity index (χ4n) is 2.79. The summed E-state index contributed by atoms with van der Waals surface area (Å²) in [4.78, 5) is 23.0. The summed E-state index contributed by atoms with van der Waals surface area (Å²) in [6.45, 7) is 3.59. The summed E-state index contributed by atoms with van der Waals surface area (Å²) in [6, 6.07) is 3.99. The Bertz CT molecular complexity index is 812. The Labute approximate surface area is 158 Å². The minimum atomic E-state index is -1.13. The molecule has 1 aliphatic carbocycles. The first kappa shape index (κ1) is 20.4. The molecule has 1 aromatic carbocycles. The summed E-state index contributed by atoms with van der Waals surface area (Å²) in [5.41, 5.74) is -0.507. The van der Waals surface area contributed by atoms with Crippen LogP contribution in [0.2, 0.25) is 0 Å². The first-order chi connectivity index (χ1) is 13.0. The molecule has 0 heterocycles. The van der Waals surface area contributed by atoms with Gasteiger partial charge in [0.2, 0.25) is 0 Å². The van der Waals surface area contributed by atoms with Crippen molar-refractivity contribution in [1.29, 1.82) is 0 Å². The van der Waals surface area contributed by atoms with Gasteiger partial charge in [-0.25, -0.2) is 9.59 Å². The molecule has 0 saturated carbocycles. The van der Waals surface area contributed by atoms with Gasteiger partial charge >= 0.3 is 11.9 Å². The fraction of sp³-hybridized carbons (Fsp3) is 0.333. The van der Waals surface area contributed by atoms with E-state index in [1.807, 2.05) is 19.1 Å². The first-order valence-electron chi connectivity index (χ1n) is 8.61. The molecule has 6 nitrogen and oxygen atoms in total. The van der Waals surface area contributed by atoms with Gasteiger partial charge in [0.15, 0.2) is 0 Å². The van der Waals surface area contributed by atoms with Crippen LogP contribution in [0.4, 0.5) is 0 Å². The summed E-state index contributed by atoms with van der Waals surface area (Å²) in [5.74, 6) is 3.78. The first-order valence-corrected chi connectivity index (χ1v) is 8.61. The van der Waals surface area contributed by atoms with Gasteiger partial charge < -0.3 is 19.7 Å². The van der Waals surface area contributed by atoms with Crippen molar-refractivity contribution in [2.24, 2.45) is 0 Å². The molecule has 2 rings (SSSR count). The zero-order chi connectivity index (χ0) is 19.7. The van der Waals surface area contributed by atoms with Gasteiger partial charge in [-0.05, 0) is 37.1 Å². The highest BCUT2D eigenvalue weighted by Gasteiger charge is 2.32. The minimum absolute atomic E-state index is 0.0205. The van der Waals surface area contributed by atoms with E-state index in [1.165, 1.54) is 18.2 Å². The number of rotatable bonds is 8. The number of carboxylic acid groups (broad SMARTS) is 2. The molecule has 27 heavy (non-hydrogen) atoms. The number of aromatic carboxylic acids is 2. The molecule has 0 aliphatic heterocycles. The summed E-state index contributed by atoms with van der Waals surface area (Å²) < 4.78 is 10.6. The standard InChI is InChI=1S/C21H22O6/c1-2-26-13-14-27-12-6-11-21(9-4-3-5-10-21)18-15-16(19(22)23)7-8-17(18)20(24)25/h3-5,7-9,15H,2,10,12-14H2,1H3,(H,22,23)(H,24,25). The Balaban J connectivity index is 2.35. The predicted molar refractivity (Wildman–Crippen MR) is 100 cm³/mol. The molecular weight excluding hydrogens is 348 g/mol. The molecule has 0 saturated heterocycles. The number of carboxylic acids is 2. The molecular formula is C21H22O6. The zero-order valence-corrected chi connectivity index (χ0v) is 15.1. The van der Waals surface area contributed by atoms with Crippen molar-refractivity contribution in [2.45, 2.75) is 18.8 Å². The van der Waals surface area contributed by atoms with Crippen LogP contribution in [0, 0.1) is 11.8 Å². The molecule has 1 aliphatic rings. The number of hydrogen-bond acceptors (Lipinski definition) is 4. The van der Waals surface area contributed by atoms with Crippen LogP contribution >= 0.6 is 0 Å². The quantitative estimate of drug-likeness (QED) is 0.540. The maximum atomic E-state index is 11.7. The molecule has 0 spiro atoms. The molecule has 1 aromatic rings. The molecule has 142 valence electrons. The molecule has 2 N–H and O–H groups in total. The van der Waals surface area contributed by atoms with Crippen LogP contribution in [0.25, 0.3) is 0 Å². The molecule has 0 radical (unpaired) electrons. The van der Waals surface area contributed by atoms with Gasteiger partial charge in [0.25, 0.3) is 0 Å². The van der Waals surface area contributed by atoms with E-state index < -0.39 is 17.4 Å². The molecule has 0 fully saturated rings. The van der Waals surface area contributed by atoms with Crippen molar-refractivity contribution in [1.82, 2.24) is 0 Å². The lowest BCUT2D eigenvalue weighted by molar-refractivity contribution is 0.0662. The average Bonchev–Trinajstić information content (AvgIpc) is 2.67. The Morgan fingerprint density at radius 1 is 1.15 bits per heavy atom. The Morgan fingerprint density at radius 3 is 2.56 bits per heavy atom. The summed E-state index contributed by atoms with van der Waals surface area (Å²) >= 11 is 0. The van der Waals surface area contributed by atoms with Crippen molar-refractivity contribution < 1.29 is 29.3 Å². The lowest BCUT2D eigenvalue weighted by atomic mass is 9.73. The summed E-state index contributed by atoms with van der Waals surface area (Å²) in [5, 5.41) is 18.8. The van der Waals surface area contributed by atoms with Gasteiger partial charge in [-0.15, -0.1) is 0 Å². The second-order valence-corrected chi connectivity index (χ2v) is 5.88. The number of benzene rings is 1. The Morgan fingerprint density at radius 2 is 1.93 bits per heavy atom. The van der Waals surface area contributed by atoms with Gasteiger partial charge in [-0.3, -0.25) is 0 Å². The van der Waals surface area contributed by atoms with Crippen molar-refractivity contribution in [3.63, 3.8) is 0 Å². The smallest absolute Gasteiger partial charge is 0.336 e. The third kappa shape index (κ3) is 5.30. The number of carbonyl (C=O) groups is 2. The van der Waals surface area contributed by atoms with Gasteiger partial charge in [0, 0.05) is 6.61 Å². The van der Waals surface area contributed by atoms with E-state index in [9.17, 15) is 19.8 Å². The van der Waals surface area contributed by atoms with Crippen LogP contribution in [-0.2, 0) is 14.9 Å². The monoisotopic (exact) mass is 370 g/mol. The summed E-state index contributed by atoms with van der Waals surface area (Å²) in [6.07, 6.45) is 7.75. The van der Waals surface area contributed by atoms with Crippen molar-refractivity contribution in [2.75, 3.05) is 26.4 Å². The third-order valence-corrected chi connectivity index (χ3v) is 4.11. The van der Waals surface area contributed by atoms with Crippen molar-refractivity contribution in [3.8, 4) is 11.8 Å². The maximum Gasteiger partial charge on any atom is 0.336 e. The van der Waals surface area contributed by atoms with Gasteiger partial charge in [0.1, 0.15) is 6.61 Å². The SMILES string of the molecule is CCOCCOCC#CC1(c2cc(C(=O)O)ccc2C(=O)O)C=CC=CC1. The topological polar surface area (TPSA) is 93.1 Å². The van der Waals surface area contributed by atoms with E-state index in [-0.39, 0.29) is 17.7 Å². The van der Waals surface area contributed by atoms with E-state index in [4.69, 9.17) is 9.47 Å². The van der Waals surface area contributed by atoms with Crippen LogP contribution in [0.1, 0.15) is 39.6 Å². The van der Waals surface area contributed by atoms with Crippen LogP contribution in [0.5, 0.6) is 0 Å². The van der Waals surface area contributed by atoms with Crippen LogP contribution < -0.4 is 0 Å². The lowest BCUT2D eigenvalue weighted by Gasteiger charge is -2.28. The second kappa shape index (κ2) is 9.72. The van der Waals surface area contributed by atoms with E-state index in [1.54, 1.807) is 12.2 Å². The Hall–Kier alpha value is -2.88. The van der Waals surface area contributed by atoms with E-state index in [0.717, 1.165) is 0 Å². The maximum absolute atomic E-state index is 11.7. The second-order valence-electron chi connectivity index (χ2n) is 5.88. The molecule has 0 amide bonds. The minimum Gasteiger partial charge on any atom is -0.478 e. The van der Waals surface area contributed by atoms with Gasteiger partial charge in [-0.1, -0.05) is 36.1 Å². The highest BCUT2D eigenvalue weighted by Crippen LogP contribution is 2.35. The Kier molecular flexibility index (Phi) is 7.35. The number of hydrogen-bond donors (Lipinski definition) is 2. The van der Waals surface area contributed by atoms with Crippen molar-refractivity contribution in [3.05, 3.63) is 59.2 Å². The van der Waals surface area contributed by atoms with Gasteiger partial charge in [0.05, 0.1) is 29.8 Å². The molecule has 0 bridgehead atoms. The van der Waals surface area contributed by atoms with Crippen molar-refractivity contribution >= 4 is 11.9 Å². The summed E-state index contributed by atoms with van der Waals surface area (Å²) in [7, 11) is 0. The van der Waals surface area contributed by atoms with Crippen LogP contribution in [0.15, 0.2) is 42.5 Å². The number of ether oxygens (including phenoxy) is 2. The highest BCUT2D eigenvalue weighted by molar-refractivity contribution is 5.94. The van der Waals surface area contributed by atoms with E-state index in [2.05, 4.69) is 11.8 Å².